The van der Waals surface area contributed by atoms with E-state index in [0.717, 1.165) is 0 Å². The molecule has 0 aliphatic rings. The van der Waals surface area contributed by atoms with E-state index in [-0.39, 0.29) is 26.2 Å². The zero-order chi connectivity index (χ0) is 18.6. The molecule has 0 saturated carbocycles. The second-order valence-electron chi connectivity index (χ2n) is 5.36. The Labute approximate surface area is 138 Å². The van der Waals surface area contributed by atoms with Gasteiger partial charge in [0.1, 0.15) is 5.60 Å². The van der Waals surface area contributed by atoms with E-state index in [0.29, 0.717) is 0 Å². The molecule has 24 heavy (non-hydrogen) atoms. The second kappa shape index (κ2) is 10.7. The van der Waals surface area contributed by atoms with Crippen molar-refractivity contribution in [2.75, 3.05) is 26.2 Å². The molecule has 0 aliphatic carbocycles. The van der Waals surface area contributed by atoms with Crippen LogP contribution in [0.5, 0.6) is 0 Å². The van der Waals surface area contributed by atoms with Crippen LogP contribution in [-0.2, 0) is 18.3 Å². The number of hydrogen-bond acceptors (Lipinski definition) is 7. The first-order valence-corrected chi connectivity index (χ1v) is 8.41. The van der Waals surface area contributed by atoms with Gasteiger partial charge in [0, 0.05) is 16.4 Å². The Balaban J connectivity index is 4.31. The number of rotatable bonds is 10. The van der Waals surface area contributed by atoms with Crippen LogP contribution in [-0.4, -0.2) is 44.0 Å². The number of azide groups is 2. The van der Waals surface area contributed by atoms with E-state index >= 15 is 0 Å². The Morgan fingerprint density at radius 3 is 2.29 bits per heavy atom. The summed E-state index contributed by atoms with van der Waals surface area (Å²) >= 11 is 0. The number of nitrogens with two attached hydrogens (primary N) is 1. The number of carbonyl (C=O) groups is 1. The van der Waals surface area contributed by atoms with Crippen LogP contribution >= 0.6 is 7.75 Å². The van der Waals surface area contributed by atoms with Crippen molar-refractivity contribution in [1.29, 1.82) is 0 Å². The van der Waals surface area contributed by atoms with Gasteiger partial charge in [-0.25, -0.2) is 14.9 Å². The minimum atomic E-state index is -3.99. The van der Waals surface area contributed by atoms with Crippen molar-refractivity contribution >= 4 is 13.8 Å². The molecule has 0 spiro atoms. The summed E-state index contributed by atoms with van der Waals surface area (Å²) in [4.78, 5) is 16.4. The molecular weight excluding hydrogens is 343 g/mol. The van der Waals surface area contributed by atoms with Crippen LogP contribution in [0.3, 0.4) is 0 Å². The van der Waals surface area contributed by atoms with E-state index in [9.17, 15) is 9.36 Å². The van der Waals surface area contributed by atoms with Crippen LogP contribution in [0.25, 0.3) is 20.9 Å². The fraction of sp³-hybridized carbons (Fsp3) is 0.900. The van der Waals surface area contributed by atoms with Crippen LogP contribution in [0.15, 0.2) is 10.2 Å². The molecule has 3 N–H and O–H groups in total. The molecule has 0 aliphatic heterocycles. The fourth-order valence-corrected chi connectivity index (χ4v) is 2.21. The van der Waals surface area contributed by atoms with Gasteiger partial charge >= 0.3 is 13.8 Å². The molecule has 1 atom stereocenters. The van der Waals surface area contributed by atoms with Crippen molar-refractivity contribution in [3.05, 3.63) is 20.9 Å². The van der Waals surface area contributed by atoms with Gasteiger partial charge in [0.05, 0.1) is 25.8 Å². The van der Waals surface area contributed by atoms with Crippen molar-refractivity contribution in [3.63, 3.8) is 0 Å². The number of hydrogen-bond donors (Lipinski definition) is 2. The predicted octanol–water partition coefficient (Wildman–Crippen LogP) is 2.60. The first-order chi connectivity index (χ1) is 11.1. The Kier molecular flexibility index (Phi) is 9.82. The topological polar surface area (TPSA) is 197 Å². The number of nitrogens with one attached hydrogen (secondary N) is 1. The van der Waals surface area contributed by atoms with Gasteiger partial charge in [-0.15, -0.1) is 0 Å². The molecule has 0 fully saturated rings. The SMILES string of the molecule is CC(C)(C)OC(=O)NCCOP(N)(=O)OC(CN=[N+]=[N-])CN=[N+]=[N-]. The molecule has 0 aromatic rings. The quantitative estimate of drug-likeness (QED) is 0.196. The number of carbonyl (C=O) groups excluding carboxylic acids is 1. The maximum atomic E-state index is 11.9. The maximum Gasteiger partial charge on any atom is 0.407 e. The minimum Gasteiger partial charge on any atom is -0.444 e. The molecule has 136 valence electrons. The van der Waals surface area contributed by atoms with E-state index in [1.54, 1.807) is 20.8 Å². The standard InChI is InChI=1S/C10H21N8O5P/c1-10(2,3)22-9(19)14-4-5-21-24(13,20)23-8(6-15-17-11)7-16-18-12/h8H,4-7H2,1-3H3,(H2,13,20)(H,14,19). The first-order valence-electron chi connectivity index (χ1n) is 6.80. The third-order valence-corrected chi connectivity index (χ3v) is 3.17. The summed E-state index contributed by atoms with van der Waals surface area (Å²) in [5.41, 5.74) is 21.3. The van der Waals surface area contributed by atoms with Crippen LogP contribution < -0.4 is 10.8 Å². The molecule has 0 rings (SSSR count). The van der Waals surface area contributed by atoms with E-state index in [1.165, 1.54) is 0 Å². The molecule has 0 heterocycles. The first kappa shape index (κ1) is 22.0. The normalized spacial score (nSPS) is 14.5. The lowest BCUT2D eigenvalue weighted by molar-refractivity contribution is 0.0516. The van der Waals surface area contributed by atoms with Gasteiger partial charge in [-0.3, -0.25) is 9.05 Å². The highest BCUT2D eigenvalue weighted by Crippen LogP contribution is 2.40. The molecule has 1 unspecified atom stereocenters. The molecule has 14 heteroatoms. The van der Waals surface area contributed by atoms with Gasteiger partial charge in [-0.1, -0.05) is 10.2 Å². The van der Waals surface area contributed by atoms with Crippen molar-refractivity contribution in [1.82, 2.24) is 5.32 Å². The van der Waals surface area contributed by atoms with Crippen LogP contribution in [0.1, 0.15) is 20.8 Å². The van der Waals surface area contributed by atoms with Crippen molar-refractivity contribution in [2.24, 2.45) is 15.7 Å². The summed E-state index contributed by atoms with van der Waals surface area (Å²) in [7, 11) is -3.99. The summed E-state index contributed by atoms with van der Waals surface area (Å²) in [5.74, 6) is 0. The summed E-state index contributed by atoms with van der Waals surface area (Å²) in [6, 6.07) is 0. The van der Waals surface area contributed by atoms with Gasteiger partial charge in [0.2, 0.25) is 0 Å². The third-order valence-electron chi connectivity index (χ3n) is 2.03. The molecule has 0 bridgehead atoms. The lowest BCUT2D eigenvalue weighted by Gasteiger charge is -2.21. The Morgan fingerprint density at radius 1 is 1.29 bits per heavy atom. The van der Waals surface area contributed by atoms with Crippen LogP contribution in [0.2, 0.25) is 0 Å². The van der Waals surface area contributed by atoms with Gasteiger partial charge < -0.3 is 10.1 Å². The monoisotopic (exact) mass is 364 g/mol. The highest BCUT2D eigenvalue weighted by molar-refractivity contribution is 7.51. The van der Waals surface area contributed by atoms with E-state index < -0.39 is 25.5 Å². The van der Waals surface area contributed by atoms with Crippen molar-refractivity contribution in [2.45, 2.75) is 32.5 Å². The molecule has 13 nitrogen and oxygen atoms in total. The van der Waals surface area contributed by atoms with Crippen molar-refractivity contribution in [3.8, 4) is 0 Å². The van der Waals surface area contributed by atoms with E-state index in [1.807, 2.05) is 0 Å². The highest BCUT2D eigenvalue weighted by atomic mass is 31.2. The minimum absolute atomic E-state index is 0.0170. The number of alkyl carbamates (subject to hydrolysis) is 1. The van der Waals surface area contributed by atoms with E-state index in [4.69, 9.17) is 30.4 Å². The molecular formula is C10H21N8O5P. The average Bonchev–Trinajstić information content (AvgIpc) is 2.44. The molecule has 0 aromatic carbocycles. The molecule has 1 amide bonds. The zero-order valence-corrected chi connectivity index (χ0v) is 14.5. The van der Waals surface area contributed by atoms with E-state index in [2.05, 4.69) is 25.4 Å². The fourth-order valence-electron chi connectivity index (χ4n) is 1.26. The molecule has 0 radical (unpaired) electrons. The Hall–Kier alpha value is -2.00. The number of nitrogens with zero attached hydrogens (tertiary/aromatic N) is 6. The Morgan fingerprint density at radius 2 is 1.83 bits per heavy atom. The number of ether oxygens (including phenoxy) is 1. The lowest BCUT2D eigenvalue weighted by Crippen LogP contribution is -2.34. The zero-order valence-electron chi connectivity index (χ0n) is 13.7. The predicted molar refractivity (Wildman–Crippen MR) is 84.9 cm³/mol. The van der Waals surface area contributed by atoms with Gasteiger partial charge in [0.15, 0.2) is 0 Å². The molecule has 0 aromatic heterocycles. The second-order valence-corrected chi connectivity index (χ2v) is 6.90. The summed E-state index contributed by atoms with van der Waals surface area (Å²) in [6.45, 7) is 4.42. The third kappa shape index (κ3) is 12.5. The van der Waals surface area contributed by atoms with Gasteiger partial charge in [0.25, 0.3) is 0 Å². The van der Waals surface area contributed by atoms with Gasteiger partial charge in [-0.05, 0) is 31.8 Å². The van der Waals surface area contributed by atoms with Gasteiger partial charge in [-0.2, -0.15) is 0 Å². The highest BCUT2D eigenvalue weighted by Gasteiger charge is 2.24. The van der Waals surface area contributed by atoms with Crippen molar-refractivity contribution < 1.29 is 23.1 Å². The average molecular weight is 364 g/mol. The number of amides is 1. The van der Waals surface area contributed by atoms with Crippen LogP contribution in [0, 0.1) is 0 Å². The lowest BCUT2D eigenvalue weighted by atomic mass is 10.2. The summed E-state index contributed by atoms with van der Waals surface area (Å²) in [5, 5.41) is 8.84. The maximum absolute atomic E-state index is 11.9. The smallest absolute Gasteiger partial charge is 0.407 e. The Bertz CT molecular complexity index is 532. The molecule has 0 saturated heterocycles. The largest absolute Gasteiger partial charge is 0.444 e. The summed E-state index contributed by atoms with van der Waals surface area (Å²) < 4.78 is 26.8. The van der Waals surface area contributed by atoms with Crippen LogP contribution in [0.4, 0.5) is 4.79 Å². The summed E-state index contributed by atoms with van der Waals surface area (Å²) in [6.07, 6.45) is -1.66.